The Morgan fingerprint density at radius 3 is 2.66 bits per heavy atom. The van der Waals surface area contributed by atoms with E-state index < -0.39 is 0 Å². The SMILES string of the molecule is Cc1ccc(OCCN2CCOCC2)cc1C(=O)NC1(c2cccc3ccccc23)CC1. The average molecular weight is 431 g/mol. The number of carbonyl (C=O) groups excluding carboxylic acids is 1. The minimum Gasteiger partial charge on any atom is -0.492 e. The second-order valence-corrected chi connectivity index (χ2v) is 8.84. The first-order valence-corrected chi connectivity index (χ1v) is 11.5. The summed E-state index contributed by atoms with van der Waals surface area (Å²) in [6.45, 7) is 6.90. The summed E-state index contributed by atoms with van der Waals surface area (Å²) in [4.78, 5) is 15.7. The molecule has 1 heterocycles. The third kappa shape index (κ3) is 4.36. The van der Waals surface area contributed by atoms with Gasteiger partial charge in [0.25, 0.3) is 5.91 Å². The van der Waals surface area contributed by atoms with Crippen LogP contribution in [0.2, 0.25) is 0 Å². The lowest BCUT2D eigenvalue weighted by Gasteiger charge is -2.26. The molecule has 2 fully saturated rings. The van der Waals surface area contributed by atoms with E-state index in [0.29, 0.717) is 12.2 Å². The lowest BCUT2D eigenvalue weighted by atomic mass is 9.96. The molecular weight excluding hydrogens is 400 g/mol. The van der Waals surface area contributed by atoms with Crippen molar-refractivity contribution < 1.29 is 14.3 Å². The molecule has 5 nitrogen and oxygen atoms in total. The summed E-state index contributed by atoms with van der Waals surface area (Å²) in [6, 6.07) is 20.5. The number of hydrogen-bond acceptors (Lipinski definition) is 4. The van der Waals surface area contributed by atoms with Crippen LogP contribution in [-0.4, -0.2) is 50.3 Å². The van der Waals surface area contributed by atoms with Crippen molar-refractivity contribution in [2.24, 2.45) is 0 Å². The summed E-state index contributed by atoms with van der Waals surface area (Å²) >= 11 is 0. The highest BCUT2D eigenvalue weighted by atomic mass is 16.5. The zero-order valence-electron chi connectivity index (χ0n) is 18.6. The van der Waals surface area contributed by atoms with Crippen LogP contribution < -0.4 is 10.1 Å². The molecule has 0 atom stereocenters. The van der Waals surface area contributed by atoms with E-state index in [9.17, 15) is 4.79 Å². The number of nitrogens with one attached hydrogen (secondary N) is 1. The molecule has 1 saturated heterocycles. The summed E-state index contributed by atoms with van der Waals surface area (Å²) in [5.41, 5.74) is 2.56. The molecule has 0 aromatic heterocycles. The van der Waals surface area contributed by atoms with Gasteiger partial charge in [0.1, 0.15) is 12.4 Å². The zero-order chi connectivity index (χ0) is 22.0. The number of carbonyl (C=O) groups is 1. The number of aryl methyl sites for hydroxylation is 1. The van der Waals surface area contributed by atoms with Gasteiger partial charge in [-0.3, -0.25) is 9.69 Å². The molecule has 3 aromatic rings. The highest BCUT2D eigenvalue weighted by Crippen LogP contribution is 2.48. The van der Waals surface area contributed by atoms with E-state index in [-0.39, 0.29) is 11.4 Å². The molecule has 1 N–H and O–H groups in total. The number of fused-ring (bicyclic) bond motifs is 1. The normalized spacial score (nSPS) is 17.8. The Morgan fingerprint density at radius 1 is 1.06 bits per heavy atom. The van der Waals surface area contributed by atoms with Crippen LogP contribution in [0.5, 0.6) is 5.75 Å². The van der Waals surface area contributed by atoms with Crippen LogP contribution in [0.25, 0.3) is 10.8 Å². The van der Waals surface area contributed by atoms with Crippen LogP contribution in [0.4, 0.5) is 0 Å². The van der Waals surface area contributed by atoms with Crippen LogP contribution in [0.1, 0.15) is 34.3 Å². The maximum atomic E-state index is 13.3. The van der Waals surface area contributed by atoms with Crippen molar-refractivity contribution in [1.82, 2.24) is 10.2 Å². The van der Waals surface area contributed by atoms with Gasteiger partial charge in [0, 0.05) is 25.2 Å². The Balaban J connectivity index is 1.29. The highest BCUT2D eigenvalue weighted by molar-refractivity contribution is 5.97. The van der Waals surface area contributed by atoms with Gasteiger partial charge in [-0.1, -0.05) is 48.5 Å². The fraction of sp³-hybridized carbons (Fsp3) is 0.370. The van der Waals surface area contributed by atoms with E-state index in [4.69, 9.17) is 9.47 Å². The van der Waals surface area contributed by atoms with E-state index >= 15 is 0 Å². The van der Waals surface area contributed by atoms with Gasteiger partial charge in [0.05, 0.1) is 18.8 Å². The molecular formula is C27H30N2O3. The number of rotatable bonds is 7. The molecule has 5 rings (SSSR count). The van der Waals surface area contributed by atoms with Gasteiger partial charge in [-0.2, -0.15) is 0 Å². The van der Waals surface area contributed by atoms with Crippen LogP contribution in [0, 0.1) is 6.92 Å². The summed E-state index contributed by atoms with van der Waals surface area (Å²) < 4.78 is 11.4. The van der Waals surface area contributed by atoms with Crippen LogP contribution >= 0.6 is 0 Å². The largest absolute Gasteiger partial charge is 0.492 e. The number of amides is 1. The third-order valence-electron chi connectivity index (χ3n) is 6.64. The van der Waals surface area contributed by atoms with Gasteiger partial charge >= 0.3 is 0 Å². The molecule has 32 heavy (non-hydrogen) atoms. The van der Waals surface area contributed by atoms with Crippen molar-refractivity contribution in [3.05, 3.63) is 77.4 Å². The van der Waals surface area contributed by atoms with Crippen molar-refractivity contribution in [2.75, 3.05) is 39.5 Å². The van der Waals surface area contributed by atoms with Crippen molar-refractivity contribution in [2.45, 2.75) is 25.3 Å². The maximum Gasteiger partial charge on any atom is 0.252 e. The van der Waals surface area contributed by atoms with Crippen LogP contribution in [0.15, 0.2) is 60.7 Å². The molecule has 0 unspecified atom stereocenters. The Kier molecular flexibility index (Phi) is 5.85. The minimum atomic E-state index is -0.280. The van der Waals surface area contributed by atoms with E-state index in [1.54, 1.807) is 0 Å². The number of nitrogens with zero attached hydrogens (tertiary/aromatic N) is 1. The molecule has 2 aliphatic rings. The molecule has 1 amide bonds. The van der Waals surface area contributed by atoms with E-state index in [1.807, 2.05) is 25.1 Å². The first kappa shape index (κ1) is 21.0. The van der Waals surface area contributed by atoms with E-state index in [1.165, 1.54) is 16.3 Å². The van der Waals surface area contributed by atoms with Crippen LogP contribution in [-0.2, 0) is 10.3 Å². The van der Waals surface area contributed by atoms with Crippen molar-refractivity contribution in [3.63, 3.8) is 0 Å². The number of hydrogen-bond donors (Lipinski definition) is 1. The topological polar surface area (TPSA) is 50.8 Å². The van der Waals surface area contributed by atoms with Gasteiger partial charge in [0.15, 0.2) is 0 Å². The highest BCUT2D eigenvalue weighted by Gasteiger charge is 2.46. The summed E-state index contributed by atoms with van der Waals surface area (Å²) in [7, 11) is 0. The number of morpholine rings is 1. The van der Waals surface area contributed by atoms with E-state index in [2.05, 4.69) is 52.7 Å². The summed E-state index contributed by atoms with van der Waals surface area (Å²) in [5.74, 6) is 0.704. The summed E-state index contributed by atoms with van der Waals surface area (Å²) in [6.07, 6.45) is 1.92. The van der Waals surface area contributed by atoms with Gasteiger partial charge < -0.3 is 14.8 Å². The molecule has 3 aromatic carbocycles. The molecule has 0 spiro atoms. The standard InChI is InChI=1S/C27H30N2O3/c1-20-9-10-22(32-18-15-29-13-16-31-17-14-29)19-24(20)26(30)28-27(11-12-27)25-8-4-6-21-5-2-3-7-23(21)25/h2-10,19H,11-18H2,1H3,(H,28,30). The van der Waals surface area contributed by atoms with Gasteiger partial charge in [-0.05, 0) is 53.8 Å². The molecule has 1 aliphatic heterocycles. The predicted octanol–water partition coefficient (Wildman–Crippen LogP) is 4.28. The fourth-order valence-electron chi connectivity index (χ4n) is 4.57. The second-order valence-electron chi connectivity index (χ2n) is 8.84. The molecule has 0 bridgehead atoms. The Morgan fingerprint density at radius 2 is 1.84 bits per heavy atom. The second kappa shape index (κ2) is 8.93. The first-order chi connectivity index (χ1) is 15.6. The zero-order valence-corrected chi connectivity index (χ0v) is 18.6. The van der Waals surface area contributed by atoms with Gasteiger partial charge in [0.2, 0.25) is 0 Å². The Labute approximate surface area is 189 Å². The molecule has 166 valence electrons. The Hall–Kier alpha value is -2.89. The quantitative estimate of drug-likeness (QED) is 0.608. The van der Waals surface area contributed by atoms with Crippen molar-refractivity contribution in [1.29, 1.82) is 0 Å². The van der Waals surface area contributed by atoms with Crippen molar-refractivity contribution >= 4 is 16.7 Å². The average Bonchev–Trinajstić information content (AvgIpc) is 3.60. The molecule has 0 radical (unpaired) electrons. The third-order valence-corrected chi connectivity index (χ3v) is 6.64. The minimum absolute atomic E-state index is 0.0356. The van der Waals surface area contributed by atoms with Crippen LogP contribution in [0.3, 0.4) is 0 Å². The molecule has 5 heteroatoms. The predicted molar refractivity (Wildman–Crippen MR) is 126 cm³/mol. The van der Waals surface area contributed by atoms with Gasteiger partial charge in [-0.15, -0.1) is 0 Å². The lowest BCUT2D eigenvalue weighted by molar-refractivity contribution is 0.0322. The first-order valence-electron chi connectivity index (χ1n) is 11.5. The lowest BCUT2D eigenvalue weighted by Crippen LogP contribution is -2.38. The monoisotopic (exact) mass is 430 g/mol. The Bertz CT molecular complexity index is 1110. The molecule has 1 aliphatic carbocycles. The maximum absolute atomic E-state index is 13.3. The molecule has 1 saturated carbocycles. The van der Waals surface area contributed by atoms with E-state index in [0.717, 1.165) is 57.0 Å². The van der Waals surface area contributed by atoms with Gasteiger partial charge in [-0.25, -0.2) is 0 Å². The number of benzene rings is 3. The number of ether oxygens (including phenoxy) is 2. The smallest absolute Gasteiger partial charge is 0.252 e. The van der Waals surface area contributed by atoms with Crippen molar-refractivity contribution in [3.8, 4) is 5.75 Å². The fourth-order valence-corrected chi connectivity index (χ4v) is 4.57. The summed E-state index contributed by atoms with van der Waals surface area (Å²) in [5, 5.41) is 5.77.